The van der Waals surface area contributed by atoms with Crippen LogP contribution in [0.4, 0.5) is 11.7 Å². The van der Waals surface area contributed by atoms with Gasteiger partial charge in [-0.05, 0) is 31.2 Å². The van der Waals surface area contributed by atoms with Crippen LogP contribution in [-0.2, 0) is 0 Å². The van der Waals surface area contributed by atoms with E-state index in [0.717, 1.165) is 28.7 Å². The van der Waals surface area contributed by atoms with Crippen molar-refractivity contribution in [2.45, 2.75) is 6.92 Å². The fraction of sp³-hybridized carbons (Fsp3) is 0.167. The number of nitrogens with zero attached hydrogens (tertiary/aromatic N) is 7. The van der Waals surface area contributed by atoms with E-state index in [4.69, 9.17) is 25.7 Å². The molecule has 28 heavy (non-hydrogen) atoms. The van der Waals surface area contributed by atoms with Crippen LogP contribution in [-0.4, -0.2) is 38.7 Å². The largest absolute Gasteiger partial charge is 0.458 e. The first kappa shape index (κ1) is 15.6. The van der Waals surface area contributed by atoms with E-state index in [1.807, 2.05) is 53.5 Å². The smallest absolute Gasteiger partial charge is 0.345 e. The highest BCUT2D eigenvalue weighted by molar-refractivity contribution is 6.15. The number of anilines is 2. The van der Waals surface area contributed by atoms with Crippen LogP contribution < -0.4 is 9.91 Å². The SMILES string of the molecule is Cc1ccc(-c2noc(N3CN=C4c5ccccc5N5CN(Cl)C=C5N43)n2)o1. The predicted octanol–water partition coefficient (Wildman–Crippen LogP) is 3.13. The van der Waals surface area contributed by atoms with Gasteiger partial charge in [-0.1, -0.05) is 17.3 Å². The number of hydrogen-bond acceptors (Lipinski definition) is 9. The number of benzene rings is 1. The van der Waals surface area contributed by atoms with Gasteiger partial charge in [-0.3, -0.25) is 4.42 Å². The van der Waals surface area contributed by atoms with Crippen LogP contribution >= 0.6 is 11.8 Å². The fourth-order valence-electron chi connectivity index (χ4n) is 3.64. The van der Waals surface area contributed by atoms with Crippen molar-refractivity contribution in [2.24, 2.45) is 4.99 Å². The molecule has 0 aliphatic carbocycles. The minimum absolute atomic E-state index is 0.330. The highest BCUT2D eigenvalue weighted by Crippen LogP contribution is 2.40. The minimum atomic E-state index is 0.330. The van der Waals surface area contributed by atoms with E-state index in [1.165, 1.54) is 0 Å². The van der Waals surface area contributed by atoms with E-state index in [9.17, 15) is 0 Å². The van der Waals surface area contributed by atoms with Crippen molar-refractivity contribution in [1.29, 1.82) is 0 Å². The van der Waals surface area contributed by atoms with Gasteiger partial charge in [0, 0.05) is 17.3 Å². The normalized spacial score (nSPS) is 17.5. The second-order valence-electron chi connectivity index (χ2n) is 6.62. The number of furan rings is 1. The van der Waals surface area contributed by atoms with Gasteiger partial charge in [0.2, 0.25) is 5.82 Å². The Balaban J connectivity index is 1.42. The molecule has 2 aromatic heterocycles. The Bertz CT molecular complexity index is 1150. The molecule has 0 amide bonds. The van der Waals surface area contributed by atoms with Crippen LogP contribution in [0.15, 0.2) is 62.4 Å². The second-order valence-corrected chi connectivity index (χ2v) is 7.05. The lowest BCUT2D eigenvalue weighted by Gasteiger charge is -2.38. The molecule has 6 rings (SSSR count). The number of hydrazine groups is 1. The molecule has 5 heterocycles. The van der Waals surface area contributed by atoms with Crippen LogP contribution in [0.1, 0.15) is 11.3 Å². The number of amidine groups is 1. The van der Waals surface area contributed by atoms with Crippen LogP contribution in [0.5, 0.6) is 0 Å². The van der Waals surface area contributed by atoms with Gasteiger partial charge in [0.25, 0.3) is 0 Å². The standard InChI is InChI=1S/C18H14ClN7O2/c1-11-6-7-14(27-11)16-21-18(28-22-16)25-9-20-17-12-4-2-3-5-13(12)24-10-23(19)8-15(24)26(17)25/h2-8H,9-10H2,1H3. The average Bonchev–Trinajstić information content (AvgIpc) is 3.46. The first-order valence-electron chi connectivity index (χ1n) is 8.73. The molecule has 0 fully saturated rings. The van der Waals surface area contributed by atoms with Crippen LogP contribution in [0.3, 0.4) is 0 Å². The third kappa shape index (κ3) is 2.10. The van der Waals surface area contributed by atoms with Crippen molar-refractivity contribution in [3.05, 3.63) is 59.7 Å². The maximum Gasteiger partial charge on any atom is 0.345 e. The maximum atomic E-state index is 6.29. The van der Waals surface area contributed by atoms with Crippen molar-refractivity contribution in [3.63, 3.8) is 0 Å². The molecular weight excluding hydrogens is 382 g/mol. The molecule has 0 saturated heterocycles. The van der Waals surface area contributed by atoms with Crippen molar-refractivity contribution in [3.8, 4) is 11.6 Å². The lowest BCUT2D eigenvalue weighted by molar-refractivity contribution is 0.368. The topological polar surface area (TPSA) is 77.4 Å². The maximum absolute atomic E-state index is 6.29. The van der Waals surface area contributed by atoms with E-state index < -0.39 is 0 Å². The Morgan fingerprint density at radius 1 is 1.14 bits per heavy atom. The Kier molecular flexibility index (Phi) is 3.07. The highest BCUT2D eigenvalue weighted by atomic mass is 35.5. The zero-order valence-corrected chi connectivity index (χ0v) is 15.5. The number of fused-ring (bicyclic) bond motifs is 6. The van der Waals surface area contributed by atoms with Gasteiger partial charge < -0.3 is 13.8 Å². The molecule has 0 bridgehead atoms. The Hall–Kier alpha value is -3.46. The molecule has 0 saturated carbocycles. The molecule has 3 aromatic rings. The van der Waals surface area contributed by atoms with Crippen LogP contribution in [0.25, 0.3) is 11.6 Å². The molecule has 0 unspecified atom stereocenters. The van der Waals surface area contributed by atoms with Crippen molar-refractivity contribution >= 4 is 29.3 Å². The van der Waals surface area contributed by atoms with E-state index in [2.05, 4.69) is 21.1 Å². The highest BCUT2D eigenvalue weighted by Gasteiger charge is 2.43. The van der Waals surface area contributed by atoms with E-state index >= 15 is 0 Å². The summed E-state index contributed by atoms with van der Waals surface area (Å²) >= 11 is 6.29. The molecular formula is C18H14ClN7O2. The average molecular weight is 396 g/mol. The first-order chi connectivity index (χ1) is 13.7. The number of halogens is 1. The summed E-state index contributed by atoms with van der Waals surface area (Å²) in [5, 5.41) is 7.84. The molecule has 140 valence electrons. The van der Waals surface area contributed by atoms with Crippen LogP contribution in [0.2, 0.25) is 0 Å². The predicted molar refractivity (Wildman–Crippen MR) is 102 cm³/mol. The van der Waals surface area contributed by atoms with Crippen molar-refractivity contribution < 1.29 is 8.94 Å². The summed E-state index contributed by atoms with van der Waals surface area (Å²) in [5.41, 5.74) is 2.08. The van der Waals surface area contributed by atoms with Gasteiger partial charge in [-0.2, -0.15) is 4.98 Å². The van der Waals surface area contributed by atoms with Gasteiger partial charge in [-0.25, -0.2) is 15.0 Å². The molecule has 0 atom stereocenters. The number of aromatic nitrogens is 2. The second kappa shape index (κ2) is 5.52. The lowest BCUT2D eigenvalue weighted by Crippen LogP contribution is -2.49. The van der Waals surface area contributed by atoms with Crippen LogP contribution in [0, 0.1) is 6.92 Å². The van der Waals surface area contributed by atoms with Crippen molar-refractivity contribution in [1.82, 2.24) is 19.6 Å². The Labute approximate surface area is 164 Å². The molecule has 0 N–H and O–H groups in total. The monoisotopic (exact) mass is 395 g/mol. The van der Waals surface area contributed by atoms with Gasteiger partial charge in [-0.15, -0.1) is 0 Å². The number of para-hydroxylation sites is 1. The van der Waals surface area contributed by atoms with Gasteiger partial charge >= 0.3 is 6.01 Å². The van der Waals surface area contributed by atoms with E-state index in [-0.39, 0.29) is 0 Å². The summed E-state index contributed by atoms with van der Waals surface area (Å²) in [6.07, 6.45) is 1.86. The summed E-state index contributed by atoms with van der Waals surface area (Å²) < 4.78 is 12.7. The van der Waals surface area contributed by atoms with Gasteiger partial charge in [0.15, 0.2) is 17.4 Å². The first-order valence-corrected chi connectivity index (χ1v) is 9.06. The quantitative estimate of drug-likeness (QED) is 0.612. The fourth-order valence-corrected chi connectivity index (χ4v) is 3.84. The molecule has 10 heteroatoms. The molecule has 1 aromatic carbocycles. The Morgan fingerprint density at radius 2 is 2.04 bits per heavy atom. The van der Waals surface area contributed by atoms with Gasteiger partial charge in [0.05, 0.1) is 11.9 Å². The van der Waals surface area contributed by atoms with Gasteiger partial charge in [0.1, 0.15) is 19.1 Å². The summed E-state index contributed by atoms with van der Waals surface area (Å²) in [6.45, 7) is 2.76. The third-order valence-electron chi connectivity index (χ3n) is 4.85. The summed E-state index contributed by atoms with van der Waals surface area (Å²) in [4.78, 5) is 11.3. The molecule has 0 radical (unpaired) electrons. The van der Waals surface area contributed by atoms with Crippen molar-refractivity contribution in [2.75, 3.05) is 23.2 Å². The lowest BCUT2D eigenvalue weighted by atomic mass is 10.1. The zero-order valence-electron chi connectivity index (χ0n) is 14.8. The molecule has 9 nitrogen and oxygen atoms in total. The molecule has 3 aliphatic rings. The number of rotatable bonds is 2. The number of aryl methyl sites for hydroxylation is 1. The minimum Gasteiger partial charge on any atom is -0.458 e. The molecule has 3 aliphatic heterocycles. The Morgan fingerprint density at radius 3 is 2.89 bits per heavy atom. The number of hydrogen-bond donors (Lipinski definition) is 0. The third-order valence-corrected chi connectivity index (χ3v) is 5.06. The summed E-state index contributed by atoms with van der Waals surface area (Å²) in [6, 6.07) is 12.1. The molecule has 0 spiro atoms. The van der Waals surface area contributed by atoms with E-state index in [1.54, 1.807) is 4.42 Å². The summed E-state index contributed by atoms with van der Waals surface area (Å²) in [7, 11) is 0. The zero-order chi connectivity index (χ0) is 18.8. The summed E-state index contributed by atoms with van der Waals surface area (Å²) in [5.74, 6) is 3.43. The van der Waals surface area contributed by atoms with E-state index in [0.29, 0.717) is 30.9 Å². The number of aliphatic imine (C=N–C) groups is 1.